The van der Waals surface area contributed by atoms with Gasteiger partial charge in [0.05, 0.1) is 4.88 Å². The minimum atomic E-state index is -2.47. The summed E-state index contributed by atoms with van der Waals surface area (Å²) in [7, 11) is 0. The lowest BCUT2D eigenvalue weighted by Gasteiger charge is -2.38. The summed E-state index contributed by atoms with van der Waals surface area (Å²) < 4.78 is 27.0. The molecule has 2 aliphatic heterocycles. The Morgan fingerprint density at radius 2 is 1.87 bits per heavy atom. The highest BCUT2D eigenvalue weighted by Gasteiger charge is 2.39. The van der Waals surface area contributed by atoms with Crippen molar-refractivity contribution in [1.29, 1.82) is 0 Å². The van der Waals surface area contributed by atoms with Crippen LogP contribution in [0.15, 0.2) is 12.1 Å². The smallest absolute Gasteiger partial charge is 0.248 e. The molecule has 2 saturated heterocycles. The number of piperidine rings is 1. The number of ketones is 1. The maximum atomic E-state index is 13.5. The van der Waals surface area contributed by atoms with Crippen LogP contribution in [0.4, 0.5) is 8.78 Å². The SMILES string of the molecule is CC(=O)c1ccc([C@H](CCN2C3CCC2CC(C)C3)NCC2CCC(F)(F)CC2)s1. The molecular weight excluding hydrogens is 402 g/mol. The fourth-order valence-electron chi connectivity index (χ4n) is 5.88. The van der Waals surface area contributed by atoms with Gasteiger partial charge in [0, 0.05) is 42.4 Å². The number of rotatable bonds is 8. The van der Waals surface area contributed by atoms with Crippen molar-refractivity contribution in [3.63, 3.8) is 0 Å². The van der Waals surface area contributed by atoms with Crippen LogP contribution in [0, 0.1) is 11.8 Å². The fraction of sp³-hybridized carbons (Fsp3) is 0.792. The lowest BCUT2D eigenvalue weighted by Crippen LogP contribution is -2.43. The fourth-order valence-corrected chi connectivity index (χ4v) is 6.89. The van der Waals surface area contributed by atoms with E-state index in [0.717, 1.165) is 42.4 Å². The number of alkyl halides is 2. The first-order valence-corrected chi connectivity index (χ1v) is 12.6. The van der Waals surface area contributed by atoms with Crippen molar-refractivity contribution < 1.29 is 13.6 Å². The van der Waals surface area contributed by atoms with Gasteiger partial charge < -0.3 is 5.32 Å². The van der Waals surface area contributed by atoms with Gasteiger partial charge >= 0.3 is 0 Å². The highest BCUT2D eigenvalue weighted by atomic mass is 32.1. The Morgan fingerprint density at radius 1 is 1.20 bits per heavy atom. The second-order valence-electron chi connectivity index (χ2n) is 10.0. The van der Waals surface area contributed by atoms with Gasteiger partial charge in [0.15, 0.2) is 5.78 Å². The summed E-state index contributed by atoms with van der Waals surface area (Å²) in [6, 6.07) is 5.68. The van der Waals surface area contributed by atoms with Gasteiger partial charge in [0.25, 0.3) is 0 Å². The minimum Gasteiger partial charge on any atom is -0.309 e. The van der Waals surface area contributed by atoms with Crippen LogP contribution in [0.2, 0.25) is 0 Å². The third kappa shape index (κ3) is 5.31. The predicted octanol–water partition coefficient (Wildman–Crippen LogP) is 6.06. The summed E-state index contributed by atoms with van der Waals surface area (Å²) in [6.45, 7) is 5.87. The lowest BCUT2D eigenvalue weighted by molar-refractivity contribution is -0.0457. The molecule has 1 aromatic rings. The van der Waals surface area contributed by atoms with Crippen LogP contribution < -0.4 is 5.32 Å². The molecule has 2 unspecified atom stereocenters. The summed E-state index contributed by atoms with van der Waals surface area (Å²) in [4.78, 5) is 16.5. The third-order valence-corrected chi connectivity index (χ3v) is 8.90. The molecule has 6 heteroatoms. The van der Waals surface area contributed by atoms with Crippen molar-refractivity contribution in [2.75, 3.05) is 13.1 Å². The second-order valence-corrected chi connectivity index (χ2v) is 11.1. The van der Waals surface area contributed by atoms with Gasteiger partial charge in [-0.2, -0.15) is 0 Å². The van der Waals surface area contributed by atoms with E-state index in [0.29, 0.717) is 18.8 Å². The van der Waals surface area contributed by atoms with E-state index < -0.39 is 5.92 Å². The van der Waals surface area contributed by atoms with Gasteiger partial charge in [0.2, 0.25) is 5.92 Å². The zero-order chi connectivity index (χ0) is 21.3. The van der Waals surface area contributed by atoms with Gasteiger partial charge in [-0.25, -0.2) is 8.78 Å². The Labute approximate surface area is 183 Å². The zero-order valence-corrected chi connectivity index (χ0v) is 19.2. The van der Waals surface area contributed by atoms with Crippen LogP contribution in [0.3, 0.4) is 0 Å². The largest absolute Gasteiger partial charge is 0.309 e. The minimum absolute atomic E-state index is 0.0207. The molecule has 3 nitrogen and oxygen atoms in total. The zero-order valence-electron chi connectivity index (χ0n) is 18.3. The number of thiophene rings is 1. The Kier molecular flexibility index (Phi) is 6.95. The summed E-state index contributed by atoms with van der Waals surface area (Å²) >= 11 is 1.59. The molecule has 0 aromatic carbocycles. The van der Waals surface area contributed by atoms with E-state index >= 15 is 0 Å². The van der Waals surface area contributed by atoms with Crippen LogP contribution in [-0.2, 0) is 0 Å². The maximum Gasteiger partial charge on any atom is 0.248 e. The van der Waals surface area contributed by atoms with E-state index in [2.05, 4.69) is 23.2 Å². The van der Waals surface area contributed by atoms with Crippen molar-refractivity contribution in [2.24, 2.45) is 11.8 Å². The lowest BCUT2D eigenvalue weighted by atomic mass is 9.86. The molecule has 2 bridgehead atoms. The number of fused-ring (bicyclic) bond motifs is 2. The topological polar surface area (TPSA) is 32.3 Å². The molecule has 1 saturated carbocycles. The summed E-state index contributed by atoms with van der Waals surface area (Å²) in [6.07, 6.45) is 7.56. The van der Waals surface area contributed by atoms with Gasteiger partial charge in [-0.15, -0.1) is 11.3 Å². The van der Waals surface area contributed by atoms with Gasteiger partial charge in [-0.05, 0) is 82.4 Å². The number of hydrogen-bond donors (Lipinski definition) is 1. The molecule has 3 atom stereocenters. The first kappa shape index (κ1) is 22.3. The molecule has 1 aliphatic carbocycles. The molecule has 168 valence electrons. The summed E-state index contributed by atoms with van der Waals surface area (Å²) in [5, 5.41) is 3.71. The van der Waals surface area contributed by atoms with Gasteiger partial charge in [0.1, 0.15) is 0 Å². The molecule has 1 aromatic heterocycles. The second kappa shape index (κ2) is 9.33. The Balaban J connectivity index is 1.38. The number of carbonyl (C=O) groups excluding carboxylic acids is 1. The number of nitrogens with one attached hydrogen (secondary N) is 1. The summed E-state index contributed by atoms with van der Waals surface area (Å²) in [5.41, 5.74) is 0. The molecule has 0 spiro atoms. The quantitative estimate of drug-likeness (QED) is 0.501. The average Bonchev–Trinajstić information content (AvgIpc) is 3.27. The van der Waals surface area contributed by atoms with E-state index in [-0.39, 0.29) is 24.7 Å². The number of hydrogen-bond acceptors (Lipinski definition) is 4. The van der Waals surface area contributed by atoms with Crippen molar-refractivity contribution in [1.82, 2.24) is 10.2 Å². The number of carbonyl (C=O) groups is 1. The van der Waals surface area contributed by atoms with E-state index in [1.165, 1.54) is 30.6 Å². The first-order chi connectivity index (χ1) is 14.3. The molecule has 0 amide bonds. The highest BCUT2D eigenvalue weighted by Crippen LogP contribution is 2.40. The van der Waals surface area contributed by atoms with Crippen LogP contribution in [0.1, 0.15) is 92.2 Å². The van der Waals surface area contributed by atoms with E-state index in [9.17, 15) is 13.6 Å². The van der Waals surface area contributed by atoms with Crippen LogP contribution in [0.5, 0.6) is 0 Å². The van der Waals surface area contributed by atoms with E-state index in [1.807, 2.05) is 6.07 Å². The monoisotopic (exact) mass is 438 g/mol. The maximum absolute atomic E-state index is 13.5. The normalized spacial score (nSPS) is 30.5. The first-order valence-electron chi connectivity index (χ1n) is 11.8. The Morgan fingerprint density at radius 3 is 2.47 bits per heavy atom. The van der Waals surface area contributed by atoms with Gasteiger partial charge in [-0.3, -0.25) is 9.69 Å². The molecule has 3 fully saturated rings. The standard InChI is InChI=1S/C24H36F2N2OS/c1-16-13-19-3-4-20(14-16)28(19)12-9-21(23-6-5-22(30-23)17(2)29)27-15-18-7-10-24(25,26)11-8-18/h5-6,16,18-21,27H,3-4,7-15H2,1-2H3/t16?,19?,20?,21-/m0/s1. The number of Topliss-reactive ketones (excluding diaryl/α,β-unsaturated/α-hetero) is 1. The number of nitrogens with zero attached hydrogens (tertiary/aromatic N) is 1. The van der Waals surface area contributed by atoms with Crippen LogP contribution in [-0.4, -0.2) is 41.8 Å². The molecule has 1 N–H and O–H groups in total. The van der Waals surface area contributed by atoms with Crippen LogP contribution >= 0.6 is 11.3 Å². The van der Waals surface area contributed by atoms with Crippen molar-refractivity contribution >= 4 is 17.1 Å². The van der Waals surface area contributed by atoms with Crippen LogP contribution in [0.25, 0.3) is 0 Å². The van der Waals surface area contributed by atoms with Gasteiger partial charge in [-0.1, -0.05) is 6.92 Å². The molecule has 4 rings (SSSR count). The molecule has 30 heavy (non-hydrogen) atoms. The van der Waals surface area contributed by atoms with Crippen molar-refractivity contribution in [3.8, 4) is 0 Å². The van der Waals surface area contributed by atoms with Crippen molar-refractivity contribution in [3.05, 3.63) is 21.9 Å². The molecular formula is C24H36F2N2OS. The van der Waals surface area contributed by atoms with Crippen molar-refractivity contribution in [2.45, 2.75) is 95.7 Å². The Hall–Kier alpha value is -0.850. The summed E-state index contributed by atoms with van der Waals surface area (Å²) in [5.74, 6) is -1.19. The molecule has 0 radical (unpaired) electrons. The van der Waals surface area contributed by atoms with E-state index in [4.69, 9.17) is 0 Å². The highest BCUT2D eigenvalue weighted by molar-refractivity contribution is 7.14. The Bertz CT molecular complexity index is 713. The third-order valence-electron chi connectivity index (χ3n) is 7.60. The van der Waals surface area contributed by atoms with E-state index in [1.54, 1.807) is 18.3 Å². The molecule has 3 heterocycles. The predicted molar refractivity (Wildman–Crippen MR) is 119 cm³/mol. The average molecular weight is 439 g/mol. The molecule has 3 aliphatic rings. The number of halogens is 2.